The lowest BCUT2D eigenvalue weighted by molar-refractivity contribution is 0.0927. The van der Waals surface area contributed by atoms with Crippen LogP contribution in [-0.4, -0.2) is 24.2 Å². The molecule has 0 fully saturated rings. The lowest BCUT2D eigenvalue weighted by Gasteiger charge is -2.23. The summed E-state index contributed by atoms with van der Waals surface area (Å²) in [6.07, 6.45) is 0.607. The molecule has 1 aromatic carbocycles. The second-order valence-corrected chi connectivity index (χ2v) is 5.34. The predicted molar refractivity (Wildman–Crippen MR) is 69.0 cm³/mol. The molecule has 1 aromatic rings. The number of aliphatic hydroxyl groups excluding tert-OH is 1. The molecule has 0 saturated heterocycles. The molecule has 0 unspecified atom stereocenters. The molecule has 4 heteroatoms. The van der Waals surface area contributed by atoms with Crippen molar-refractivity contribution in [3.8, 4) is 0 Å². The number of hydrogen-bond donors (Lipinski definition) is 2. The maximum Gasteiger partial charge on any atom is 0.251 e. The summed E-state index contributed by atoms with van der Waals surface area (Å²) in [5.74, 6) is -0.696. The van der Waals surface area contributed by atoms with Crippen molar-refractivity contribution >= 4 is 5.91 Å². The van der Waals surface area contributed by atoms with Gasteiger partial charge in [0.15, 0.2) is 0 Å². The van der Waals surface area contributed by atoms with Gasteiger partial charge in [0, 0.05) is 18.7 Å². The van der Waals surface area contributed by atoms with Crippen molar-refractivity contribution in [3.63, 3.8) is 0 Å². The van der Waals surface area contributed by atoms with Gasteiger partial charge in [0.25, 0.3) is 5.91 Å². The Bertz CT molecular complexity index is 410. The molecule has 0 bridgehead atoms. The SMILES string of the molecule is Cc1cc(F)cc(C(=O)NCC(C)(C)CCO)c1. The van der Waals surface area contributed by atoms with E-state index < -0.39 is 5.82 Å². The van der Waals surface area contributed by atoms with Crippen LogP contribution in [0, 0.1) is 18.2 Å². The van der Waals surface area contributed by atoms with Gasteiger partial charge in [0.2, 0.25) is 0 Å². The molecule has 1 amide bonds. The van der Waals surface area contributed by atoms with Crippen LogP contribution in [0.1, 0.15) is 36.2 Å². The first-order valence-electron chi connectivity index (χ1n) is 6.00. The van der Waals surface area contributed by atoms with Gasteiger partial charge >= 0.3 is 0 Å². The van der Waals surface area contributed by atoms with E-state index in [1.807, 2.05) is 13.8 Å². The van der Waals surface area contributed by atoms with Crippen molar-refractivity contribution in [2.75, 3.05) is 13.2 Å². The second kappa shape index (κ2) is 5.96. The highest BCUT2D eigenvalue weighted by Crippen LogP contribution is 2.18. The molecule has 2 N–H and O–H groups in total. The summed E-state index contributed by atoms with van der Waals surface area (Å²) in [5.41, 5.74) is 0.870. The molecule has 0 aliphatic rings. The Hall–Kier alpha value is -1.42. The number of benzene rings is 1. The maximum atomic E-state index is 13.2. The zero-order chi connectivity index (χ0) is 13.8. The van der Waals surface area contributed by atoms with Gasteiger partial charge in [-0.15, -0.1) is 0 Å². The third-order valence-electron chi connectivity index (χ3n) is 2.82. The number of carbonyl (C=O) groups is 1. The molecular formula is C14H20FNO2. The average Bonchev–Trinajstić information content (AvgIpc) is 2.24. The van der Waals surface area contributed by atoms with E-state index in [9.17, 15) is 9.18 Å². The Morgan fingerprint density at radius 1 is 1.39 bits per heavy atom. The highest BCUT2D eigenvalue weighted by atomic mass is 19.1. The molecule has 18 heavy (non-hydrogen) atoms. The molecule has 100 valence electrons. The minimum atomic E-state index is -0.408. The first-order valence-corrected chi connectivity index (χ1v) is 6.00. The van der Waals surface area contributed by atoms with E-state index in [1.54, 1.807) is 13.0 Å². The van der Waals surface area contributed by atoms with Crippen LogP contribution in [0.3, 0.4) is 0 Å². The van der Waals surface area contributed by atoms with Crippen LogP contribution in [0.5, 0.6) is 0 Å². The van der Waals surface area contributed by atoms with Gasteiger partial charge in [-0.05, 0) is 42.5 Å². The third kappa shape index (κ3) is 4.45. The van der Waals surface area contributed by atoms with Crippen LogP contribution in [0.4, 0.5) is 4.39 Å². The fraction of sp³-hybridized carbons (Fsp3) is 0.500. The van der Waals surface area contributed by atoms with E-state index in [0.29, 0.717) is 18.5 Å². The van der Waals surface area contributed by atoms with Crippen LogP contribution in [0.2, 0.25) is 0 Å². The summed E-state index contributed by atoms with van der Waals surface area (Å²) in [7, 11) is 0. The van der Waals surface area contributed by atoms with Gasteiger partial charge in [0.1, 0.15) is 5.82 Å². The maximum absolute atomic E-state index is 13.2. The topological polar surface area (TPSA) is 49.3 Å². The fourth-order valence-electron chi connectivity index (χ4n) is 1.68. The molecule has 0 radical (unpaired) electrons. The Morgan fingerprint density at radius 2 is 2.06 bits per heavy atom. The molecule has 1 rings (SSSR count). The molecule has 0 aromatic heterocycles. The van der Waals surface area contributed by atoms with Crippen molar-refractivity contribution < 1.29 is 14.3 Å². The molecular weight excluding hydrogens is 233 g/mol. The number of amides is 1. The average molecular weight is 253 g/mol. The molecule has 0 aliphatic heterocycles. The Kier molecular flexibility index (Phi) is 4.84. The quantitative estimate of drug-likeness (QED) is 0.845. The Balaban J connectivity index is 2.66. The van der Waals surface area contributed by atoms with Crippen LogP contribution < -0.4 is 5.32 Å². The van der Waals surface area contributed by atoms with Crippen molar-refractivity contribution in [1.82, 2.24) is 5.32 Å². The normalized spacial score (nSPS) is 11.4. The summed E-state index contributed by atoms with van der Waals surface area (Å²) in [4.78, 5) is 11.9. The van der Waals surface area contributed by atoms with Gasteiger partial charge in [-0.2, -0.15) is 0 Å². The van der Waals surface area contributed by atoms with Crippen molar-refractivity contribution in [1.29, 1.82) is 0 Å². The third-order valence-corrected chi connectivity index (χ3v) is 2.82. The van der Waals surface area contributed by atoms with Crippen molar-refractivity contribution in [2.45, 2.75) is 27.2 Å². The minimum Gasteiger partial charge on any atom is -0.396 e. The zero-order valence-corrected chi connectivity index (χ0v) is 11.1. The standard InChI is InChI=1S/C14H20FNO2/c1-10-6-11(8-12(15)7-10)13(18)16-9-14(2,3)4-5-17/h6-8,17H,4-5,9H2,1-3H3,(H,16,18). The second-order valence-electron chi connectivity index (χ2n) is 5.34. The molecule has 0 saturated carbocycles. The van der Waals surface area contributed by atoms with E-state index in [-0.39, 0.29) is 17.9 Å². The molecule has 0 aliphatic carbocycles. The summed E-state index contributed by atoms with van der Waals surface area (Å²) in [6, 6.07) is 4.26. The van der Waals surface area contributed by atoms with Crippen LogP contribution in [0.25, 0.3) is 0 Å². The highest BCUT2D eigenvalue weighted by molar-refractivity contribution is 5.94. The van der Waals surface area contributed by atoms with E-state index >= 15 is 0 Å². The highest BCUT2D eigenvalue weighted by Gasteiger charge is 2.18. The predicted octanol–water partition coefficient (Wildman–Crippen LogP) is 2.27. The number of aliphatic hydroxyl groups is 1. The van der Waals surface area contributed by atoms with E-state index in [4.69, 9.17) is 5.11 Å². The monoisotopic (exact) mass is 253 g/mol. The van der Waals surface area contributed by atoms with Gasteiger partial charge < -0.3 is 10.4 Å². The number of carbonyl (C=O) groups excluding carboxylic acids is 1. The lowest BCUT2D eigenvalue weighted by Crippen LogP contribution is -2.34. The summed E-state index contributed by atoms with van der Waals surface area (Å²) in [5, 5.41) is 11.7. The van der Waals surface area contributed by atoms with E-state index in [2.05, 4.69) is 5.32 Å². The van der Waals surface area contributed by atoms with E-state index in [0.717, 1.165) is 5.56 Å². The van der Waals surface area contributed by atoms with Crippen LogP contribution >= 0.6 is 0 Å². The minimum absolute atomic E-state index is 0.0853. The Morgan fingerprint density at radius 3 is 2.61 bits per heavy atom. The largest absolute Gasteiger partial charge is 0.396 e. The lowest BCUT2D eigenvalue weighted by atomic mass is 9.89. The smallest absolute Gasteiger partial charge is 0.251 e. The first kappa shape index (κ1) is 14.6. The number of rotatable bonds is 5. The molecule has 0 atom stereocenters. The number of halogens is 1. The summed E-state index contributed by atoms with van der Waals surface area (Å²) < 4.78 is 13.2. The zero-order valence-electron chi connectivity index (χ0n) is 11.1. The van der Waals surface area contributed by atoms with Gasteiger partial charge in [-0.1, -0.05) is 13.8 Å². The fourth-order valence-corrected chi connectivity index (χ4v) is 1.68. The van der Waals surface area contributed by atoms with Gasteiger partial charge in [0.05, 0.1) is 0 Å². The molecule has 3 nitrogen and oxygen atoms in total. The number of aryl methyl sites for hydroxylation is 1. The number of hydrogen-bond acceptors (Lipinski definition) is 2. The Labute approximate surface area is 107 Å². The van der Waals surface area contributed by atoms with Crippen molar-refractivity contribution in [3.05, 3.63) is 35.1 Å². The first-order chi connectivity index (χ1) is 8.34. The van der Waals surface area contributed by atoms with Gasteiger partial charge in [-0.25, -0.2) is 4.39 Å². The number of nitrogens with one attached hydrogen (secondary N) is 1. The van der Waals surface area contributed by atoms with E-state index in [1.165, 1.54) is 12.1 Å². The van der Waals surface area contributed by atoms with Crippen LogP contribution in [0.15, 0.2) is 18.2 Å². The molecule has 0 spiro atoms. The summed E-state index contributed by atoms with van der Waals surface area (Å²) in [6.45, 7) is 6.19. The summed E-state index contributed by atoms with van der Waals surface area (Å²) >= 11 is 0. The van der Waals surface area contributed by atoms with Crippen molar-refractivity contribution in [2.24, 2.45) is 5.41 Å². The van der Waals surface area contributed by atoms with Crippen LogP contribution in [-0.2, 0) is 0 Å². The molecule has 0 heterocycles. The van der Waals surface area contributed by atoms with Gasteiger partial charge in [-0.3, -0.25) is 4.79 Å².